The van der Waals surface area contributed by atoms with E-state index in [4.69, 9.17) is 0 Å². The van der Waals surface area contributed by atoms with E-state index in [2.05, 4.69) is 6.58 Å². The Balaban J connectivity index is 2.63. The summed E-state index contributed by atoms with van der Waals surface area (Å²) in [4.78, 5) is 11.6. The third-order valence-corrected chi connectivity index (χ3v) is 3.29. The normalized spacial score (nSPS) is 15.1. The summed E-state index contributed by atoms with van der Waals surface area (Å²) in [6.07, 6.45) is -0.710. The summed E-state index contributed by atoms with van der Waals surface area (Å²) in [6, 6.07) is 2.29. The van der Waals surface area contributed by atoms with Crippen molar-refractivity contribution in [2.24, 2.45) is 0 Å². The zero-order chi connectivity index (χ0) is 13.3. The Hall–Kier alpha value is -1.58. The van der Waals surface area contributed by atoms with Crippen molar-refractivity contribution in [1.29, 1.82) is 0 Å². The molecule has 18 heavy (non-hydrogen) atoms. The second-order valence-corrected chi connectivity index (χ2v) is 4.39. The minimum Gasteiger partial charge on any atom is -0.289 e. The van der Waals surface area contributed by atoms with Crippen molar-refractivity contribution in [3.63, 3.8) is 0 Å². The number of benzene rings is 1. The zero-order valence-corrected chi connectivity index (χ0v) is 9.81. The molecule has 0 N–H and O–H groups in total. The van der Waals surface area contributed by atoms with Crippen molar-refractivity contribution < 1.29 is 18.0 Å². The van der Waals surface area contributed by atoms with E-state index in [-0.39, 0.29) is 5.78 Å². The van der Waals surface area contributed by atoms with Gasteiger partial charge in [0.25, 0.3) is 0 Å². The summed E-state index contributed by atoms with van der Waals surface area (Å²) in [5.74, 6) is -0.304. The van der Waals surface area contributed by atoms with Crippen LogP contribution in [0.2, 0.25) is 0 Å². The van der Waals surface area contributed by atoms with Gasteiger partial charge >= 0.3 is 6.18 Å². The average Bonchev–Trinajstić information content (AvgIpc) is 2.35. The van der Waals surface area contributed by atoms with Gasteiger partial charge < -0.3 is 0 Å². The Morgan fingerprint density at radius 1 is 1.17 bits per heavy atom. The number of ketones is 1. The Labute approximate surface area is 103 Å². The maximum absolute atomic E-state index is 12.9. The highest BCUT2D eigenvalue weighted by Crippen LogP contribution is 2.37. The number of rotatable bonds is 2. The van der Waals surface area contributed by atoms with Crippen molar-refractivity contribution in [3.05, 3.63) is 47.0 Å². The fourth-order valence-corrected chi connectivity index (χ4v) is 2.47. The lowest BCUT2D eigenvalue weighted by atomic mass is 9.84. The summed E-state index contributed by atoms with van der Waals surface area (Å²) in [5, 5.41) is 0. The molecule has 1 aromatic carbocycles. The van der Waals surface area contributed by atoms with Crippen molar-refractivity contribution in [3.8, 4) is 0 Å². The third kappa shape index (κ3) is 2.19. The average molecular weight is 254 g/mol. The molecule has 0 atom stereocenters. The van der Waals surface area contributed by atoms with E-state index in [1.807, 2.05) is 0 Å². The standard InChI is InChI=1S/C14H13F3O/c1-2-13(18)11-7-8-12(14(15,16)17)10-6-4-3-5-9(10)11/h2,7-8H,1,3-6H2. The van der Waals surface area contributed by atoms with E-state index < -0.39 is 11.7 Å². The molecule has 0 bridgehead atoms. The number of allylic oxidation sites excluding steroid dienone is 1. The van der Waals surface area contributed by atoms with Crippen LogP contribution >= 0.6 is 0 Å². The SMILES string of the molecule is C=CC(=O)c1ccc(C(F)(F)F)c2c1CCCC2. The lowest BCUT2D eigenvalue weighted by Gasteiger charge is -2.23. The Kier molecular flexibility index (Phi) is 3.28. The molecule has 0 radical (unpaired) electrons. The van der Waals surface area contributed by atoms with Crippen LogP contribution in [0.15, 0.2) is 24.8 Å². The van der Waals surface area contributed by atoms with E-state index in [1.54, 1.807) is 0 Å². The molecule has 4 heteroatoms. The van der Waals surface area contributed by atoms with Gasteiger partial charge in [0.15, 0.2) is 5.78 Å². The second kappa shape index (κ2) is 4.59. The van der Waals surface area contributed by atoms with Crippen LogP contribution in [-0.4, -0.2) is 5.78 Å². The molecule has 96 valence electrons. The molecule has 0 amide bonds. The summed E-state index contributed by atoms with van der Waals surface area (Å²) in [5.41, 5.74) is 0.618. The maximum atomic E-state index is 12.9. The molecular formula is C14H13F3O. The highest BCUT2D eigenvalue weighted by molar-refractivity contribution is 6.05. The number of alkyl halides is 3. The van der Waals surface area contributed by atoms with E-state index >= 15 is 0 Å². The summed E-state index contributed by atoms with van der Waals surface area (Å²) < 4.78 is 38.7. The first-order valence-corrected chi connectivity index (χ1v) is 5.84. The van der Waals surface area contributed by atoms with Crippen LogP contribution in [0.25, 0.3) is 0 Å². The highest BCUT2D eigenvalue weighted by atomic mass is 19.4. The fourth-order valence-electron chi connectivity index (χ4n) is 2.47. The molecule has 1 aromatic rings. The van der Waals surface area contributed by atoms with Gasteiger partial charge in [0, 0.05) is 5.56 Å². The molecule has 0 aliphatic heterocycles. The van der Waals surface area contributed by atoms with E-state index in [0.29, 0.717) is 29.5 Å². The number of carbonyl (C=O) groups is 1. The molecule has 0 heterocycles. The molecule has 0 saturated carbocycles. The lowest BCUT2D eigenvalue weighted by Crippen LogP contribution is -2.17. The van der Waals surface area contributed by atoms with Crippen molar-refractivity contribution >= 4 is 5.78 Å². The molecule has 0 spiro atoms. The van der Waals surface area contributed by atoms with Crippen molar-refractivity contribution in [1.82, 2.24) is 0 Å². The zero-order valence-electron chi connectivity index (χ0n) is 9.81. The molecule has 1 nitrogen and oxygen atoms in total. The van der Waals surface area contributed by atoms with Crippen LogP contribution in [0.4, 0.5) is 13.2 Å². The monoisotopic (exact) mass is 254 g/mol. The van der Waals surface area contributed by atoms with Gasteiger partial charge in [-0.3, -0.25) is 4.79 Å². The van der Waals surface area contributed by atoms with Gasteiger partial charge in [0.2, 0.25) is 0 Å². The van der Waals surface area contributed by atoms with E-state index in [1.165, 1.54) is 6.07 Å². The van der Waals surface area contributed by atoms with E-state index in [9.17, 15) is 18.0 Å². The predicted molar refractivity (Wildman–Crippen MR) is 62.6 cm³/mol. The molecular weight excluding hydrogens is 241 g/mol. The Bertz CT molecular complexity index is 500. The van der Waals surface area contributed by atoms with Gasteiger partial charge in [-0.1, -0.05) is 12.6 Å². The van der Waals surface area contributed by atoms with Crippen LogP contribution in [0, 0.1) is 0 Å². The molecule has 1 aliphatic carbocycles. The van der Waals surface area contributed by atoms with Gasteiger partial charge in [-0.25, -0.2) is 0 Å². The number of hydrogen-bond acceptors (Lipinski definition) is 1. The highest BCUT2D eigenvalue weighted by Gasteiger charge is 2.35. The maximum Gasteiger partial charge on any atom is 0.416 e. The van der Waals surface area contributed by atoms with Gasteiger partial charge in [-0.05, 0) is 49.0 Å². The van der Waals surface area contributed by atoms with Gasteiger partial charge in [0.1, 0.15) is 0 Å². The minimum absolute atomic E-state index is 0.293. The topological polar surface area (TPSA) is 17.1 Å². The first-order valence-electron chi connectivity index (χ1n) is 5.84. The Morgan fingerprint density at radius 2 is 1.78 bits per heavy atom. The number of fused-ring (bicyclic) bond motifs is 1. The second-order valence-electron chi connectivity index (χ2n) is 4.39. The predicted octanol–water partition coefficient (Wildman–Crippen LogP) is 3.95. The first-order chi connectivity index (χ1) is 8.45. The number of carbonyl (C=O) groups excluding carboxylic acids is 1. The van der Waals surface area contributed by atoms with E-state index in [0.717, 1.165) is 25.0 Å². The number of halogens is 3. The minimum atomic E-state index is -4.35. The van der Waals surface area contributed by atoms with Crippen molar-refractivity contribution in [2.45, 2.75) is 31.9 Å². The third-order valence-electron chi connectivity index (χ3n) is 3.29. The van der Waals surface area contributed by atoms with Gasteiger partial charge in [-0.2, -0.15) is 13.2 Å². The molecule has 2 rings (SSSR count). The summed E-state index contributed by atoms with van der Waals surface area (Å²) in [7, 11) is 0. The summed E-state index contributed by atoms with van der Waals surface area (Å²) in [6.45, 7) is 3.39. The quantitative estimate of drug-likeness (QED) is 0.577. The van der Waals surface area contributed by atoms with Crippen LogP contribution in [-0.2, 0) is 19.0 Å². The van der Waals surface area contributed by atoms with Gasteiger partial charge in [0.05, 0.1) is 5.56 Å². The van der Waals surface area contributed by atoms with Crippen LogP contribution in [0.3, 0.4) is 0 Å². The lowest BCUT2D eigenvalue weighted by molar-refractivity contribution is -0.138. The molecule has 0 aromatic heterocycles. The fraction of sp³-hybridized carbons (Fsp3) is 0.357. The first kappa shape index (κ1) is 12.9. The molecule has 0 fully saturated rings. The van der Waals surface area contributed by atoms with Crippen LogP contribution in [0.5, 0.6) is 0 Å². The summed E-state index contributed by atoms with van der Waals surface area (Å²) >= 11 is 0. The van der Waals surface area contributed by atoms with Crippen LogP contribution < -0.4 is 0 Å². The molecule has 0 unspecified atom stereocenters. The largest absolute Gasteiger partial charge is 0.416 e. The Morgan fingerprint density at radius 3 is 2.33 bits per heavy atom. The van der Waals surface area contributed by atoms with Gasteiger partial charge in [-0.15, -0.1) is 0 Å². The number of hydrogen-bond donors (Lipinski definition) is 0. The smallest absolute Gasteiger partial charge is 0.289 e. The van der Waals surface area contributed by atoms with Crippen LogP contribution in [0.1, 0.15) is 39.9 Å². The van der Waals surface area contributed by atoms with Crippen molar-refractivity contribution in [2.75, 3.05) is 0 Å². The molecule has 0 saturated heterocycles. The molecule has 1 aliphatic rings.